The molecule has 1 aliphatic rings. The molecule has 1 N–H and O–H groups in total. The fraction of sp³-hybridized carbons (Fsp3) is 0.222. The van der Waals surface area contributed by atoms with Gasteiger partial charge in [-0.1, -0.05) is 29.8 Å². The number of hydrogen-bond donors (Lipinski definition) is 1. The molecule has 2 aromatic heterocycles. The van der Waals surface area contributed by atoms with Crippen molar-refractivity contribution in [3.8, 4) is 28.1 Å². The molecule has 2 aromatic carbocycles. The summed E-state index contributed by atoms with van der Waals surface area (Å²) in [5, 5.41) is 14.0. The van der Waals surface area contributed by atoms with Crippen LogP contribution in [0.2, 0.25) is 0 Å². The maximum atomic E-state index is 15.5. The Hall–Kier alpha value is -4.04. The molecule has 7 nitrogen and oxygen atoms in total. The van der Waals surface area contributed by atoms with Gasteiger partial charge in [-0.3, -0.25) is 14.5 Å². The topological polar surface area (TPSA) is 80.5 Å². The highest BCUT2D eigenvalue weighted by Gasteiger charge is 2.33. The number of fused-ring (bicyclic) bond motifs is 1. The Morgan fingerprint density at radius 3 is 2.54 bits per heavy atom. The molecule has 3 heterocycles. The predicted molar refractivity (Wildman–Crippen MR) is 129 cm³/mol. The summed E-state index contributed by atoms with van der Waals surface area (Å²) in [5.74, 6) is -0.400. The number of hydrogen-bond acceptors (Lipinski definition) is 5. The molecule has 0 radical (unpaired) electrons. The van der Waals surface area contributed by atoms with Crippen LogP contribution in [-0.2, 0) is 13.2 Å². The van der Waals surface area contributed by atoms with Gasteiger partial charge in [-0.05, 0) is 36.8 Å². The van der Waals surface area contributed by atoms with E-state index in [2.05, 4.69) is 10.1 Å². The quantitative estimate of drug-likeness (QED) is 0.438. The smallest absolute Gasteiger partial charge is 0.272 e. The minimum Gasteiger partial charge on any atom is -0.489 e. The highest BCUT2D eigenvalue weighted by atomic mass is 19.1. The largest absolute Gasteiger partial charge is 0.489 e. The van der Waals surface area contributed by atoms with Gasteiger partial charge < -0.3 is 14.7 Å². The van der Waals surface area contributed by atoms with E-state index in [1.807, 2.05) is 31.2 Å². The van der Waals surface area contributed by atoms with Gasteiger partial charge in [0.2, 0.25) is 0 Å². The second-order valence-corrected chi connectivity index (χ2v) is 8.46. The third-order valence-corrected chi connectivity index (χ3v) is 6.08. The van der Waals surface area contributed by atoms with Crippen molar-refractivity contribution in [3.05, 3.63) is 89.6 Å². The minimum atomic E-state index is -0.510. The number of aliphatic hydroxyl groups is 1. The van der Waals surface area contributed by atoms with Gasteiger partial charge >= 0.3 is 0 Å². The molecule has 1 amide bonds. The van der Waals surface area contributed by atoms with Gasteiger partial charge in [-0.15, -0.1) is 0 Å². The number of carbonyl (C=O) groups is 1. The Kier molecular flexibility index (Phi) is 6.29. The first-order valence-corrected chi connectivity index (χ1v) is 11.4. The van der Waals surface area contributed by atoms with Crippen molar-refractivity contribution in [2.75, 3.05) is 19.7 Å². The number of halogens is 1. The van der Waals surface area contributed by atoms with Gasteiger partial charge in [0.15, 0.2) is 0 Å². The maximum absolute atomic E-state index is 15.5. The minimum absolute atomic E-state index is 0.145. The number of pyridine rings is 1. The Bertz CT molecular complexity index is 1350. The molecule has 0 atom stereocenters. The monoisotopic (exact) mass is 472 g/mol. The lowest BCUT2D eigenvalue weighted by atomic mass is 9.97. The molecule has 0 saturated carbocycles. The molecular formula is C27H25FN4O3. The number of ether oxygens (including phenoxy) is 1. The SMILES string of the molecule is Cc1ccc(COc2ccc(-c3c(-c4ccncc4)nn4c3C(=O)N(CCO)CC4)c(F)c2)cc1. The Morgan fingerprint density at radius 2 is 1.83 bits per heavy atom. The summed E-state index contributed by atoms with van der Waals surface area (Å²) in [6, 6.07) is 16.2. The summed E-state index contributed by atoms with van der Waals surface area (Å²) in [4.78, 5) is 18.9. The number of carbonyl (C=O) groups excluding carboxylic acids is 1. The number of amides is 1. The van der Waals surface area contributed by atoms with E-state index < -0.39 is 5.82 Å². The molecule has 0 unspecified atom stereocenters. The molecule has 4 aromatic rings. The van der Waals surface area contributed by atoms with Crippen molar-refractivity contribution in [1.29, 1.82) is 0 Å². The molecule has 1 aliphatic heterocycles. The average molecular weight is 473 g/mol. The molecule has 0 spiro atoms. The highest BCUT2D eigenvalue weighted by molar-refractivity contribution is 6.03. The molecular weight excluding hydrogens is 447 g/mol. The van der Waals surface area contributed by atoms with E-state index in [0.717, 1.165) is 16.7 Å². The molecule has 5 rings (SSSR count). The fourth-order valence-electron chi connectivity index (χ4n) is 4.25. The predicted octanol–water partition coefficient (Wildman–Crippen LogP) is 4.09. The van der Waals surface area contributed by atoms with E-state index in [9.17, 15) is 9.90 Å². The second-order valence-electron chi connectivity index (χ2n) is 8.46. The van der Waals surface area contributed by atoms with E-state index in [0.29, 0.717) is 42.4 Å². The summed E-state index contributed by atoms with van der Waals surface area (Å²) in [6.45, 7) is 3.29. The summed E-state index contributed by atoms with van der Waals surface area (Å²) in [6.07, 6.45) is 3.27. The zero-order chi connectivity index (χ0) is 24.4. The first kappa shape index (κ1) is 22.7. The van der Waals surface area contributed by atoms with Crippen LogP contribution in [0.15, 0.2) is 67.0 Å². The number of aryl methyl sites for hydroxylation is 1. The first-order valence-electron chi connectivity index (χ1n) is 11.4. The summed E-state index contributed by atoms with van der Waals surface area (Å²) in [7, 11) is 0. The van der Waals surface area contributed by atoms with Crippen molar-refractivity contribution in [2.24, 2.45) is 0 Å². The van der Waals surface area contributed by atoms with Crippen LogP contribution >= 0.6 is 0 Å². The number of aromatic nitrogens is 3. The van der Waals surface area contributed by atoms with Crippen molar-refractivity contribution >= 4 is 5.91 Å². The van der Waals surface area contributed by atoms with E-state index >= 15 is 4.39 Å². The lowest BCUT2D eigenvalue weighted by molar-refractivity contribution is 0.0662. The van der Waals surface area contributed by atoms with Crippen molar-refractivity contribution in [3.63, 3.8) is 0 Å². The molecule has 0 fully saturated rings. The molecule has 0 bridgehead atoms. The molecule has 178 valence electrons. The third-order valence-electron chi connectivity index (χ3n) is 6.08. The lowest BCUT2D eigenvalue weighted by Gasteiger charge is -2.27. The molecule has 0 aliphatic carbocycles. The zero-order valence-corrected chi connectivity index (χ0v) is 19.3. The van der Waals surface area contributed by atoms with Crippen molar-refractivity contribution in [2.45, 2.75) is 20.1 Å². The van der Waals surface area contributed by atoms with Crippen LogP contribution < -0.4 is 4.74 Å². The van der Waals surface area contributed by atoms with Gasteiger partial charge in [-0.2, -0.15) is 5.10 Å². The molecule has 8 heteroatoms. The summed E-state index contributed by atoms with van der Waals surface area (Å²) in [5.41, 5.74) is 4.38. The number of β-amino-alcohol motifs (C(OH)–C–C–N with tert-alkyl or cyclic N) is 1. The Labute approximate surface area is 202 Å². The Balaban J connectivity index is 1.53. The van der Waals surface area contributed by atoms with Crippen LogP contribution in [0, 0.1) is 12.7 Å². The van der Waals surface area contributed by atoms with Crippen LogP contribution in [0.3, 0.4) is 0 Å². The van der Waals surface area contributed by atoms with Gasteiger partial charge in [0, 0.05) is 48.2 Å². The number of benzene rings is 2. The van der Waals surface area contributed by atoms with Crippen LogP contribution in [0.1, 0.15) is 21.6 Å². The zero-order valence-electron chi connectivity index (χ0n) is 19.3. The van der Waals surface area contributed by atoms with Crippen LogP contribution in [0.4, 0.5) is 4.39 Å². The summed E-state index contributed by atoms with van der Waals surface area (Å²) < 4.78 is 23.0. The third kappa shape index (κ3) is 4.52. The van der Waals surface area contributed by atoms with Crippen LogP contribution in [0.5, 0.6) is 5.75 Å². The normalized spacial score (nSPS) is 13.1. The van der Waals surface area contributed by atoms with E-state index in [-0.39, 0.29) is 24.6 Å². The fourth-order valence-corrected chi connectivity index (χ4v) is 4.25. The van der Waals surface area contributed by atoms with Crippen LogP contribution in [-0.4, -0.2) is 50.4 Å². The number of rotatable bonds is 7. The van der Waals surface area contributed by atoms with Crippen molar-refractivity contribution < 1.29 is 19.0 Å². The standard InChI is InChI=1S/C27H25FN4O3/c1-18-2-4-19(5-3-18)17-35-21-6-7-22(23(28)16-21)24-25(20-8-10-29-11-9-20)30-32-13-12-31(14-15-33)27(34)26(24)32/h2-11,16,33H,12-15,17H2,1H3. The van der Waals surface area contributed by atoms with Gasteiger partial charge in [0.1, 0.15) is 29.6 Å². The molecule has 35 heavy (non-hydrogen) atoms. The summed E-state index contributed by atoms with van der Waals surface area (Å²) >= 11 is 0. The van der Waals surface area contributed by atoms with Crippen molar-refractivity contribution in [1.82, 2.24) is 19.7 Å². The molecule has 0 saturated heterocycles. The highest BCUT2D eigenvalue weighted by Crippen LogP contribution is 2.38. The van der Waals surface area contributed by atoms with E-state index in [4.69, 9.17) is 4.74 Å². The van der Waals surface area contributed by atoms with Gasteiger partial charge in [0.25, 0.3) is 5.91 Å². The maximum Gasteiger partial charge on any atom is 0.272 e. The van der Waals surface area contributed by atoms with E-state index in [1.165, 1.54) is 6.07 Å². The second kappa shape index (κ2) is 9.68. The van der Waals surface area contributed by atoms with Crippen LogP contribution in [0.25, 0.3) is 22.4 Å². The van der Waals surface area contributed by atoms with Gasteiger partial charge in [0.05, 0.1) is 13.2 Å². The van der Waals surface area contributed by atoms with E-state index in [1.54, 1.807) is 46.2 Å². The average Bonchev–Trinajstić information content (AvgIpc) is 3.26. The number of aliphatic hydroxyl groups excluding tert-OH is 1. The Morgan fingerprint density at radius 1 is 1.06 bits per heavy atom. The lowest BCUT2D eigenvalue weighted by Crippen LogP contribution is -2.42. The number of nitrogens with zero attached hydrogens (tertiary/aromatic N) is 4. The first-order chi connectivity index (χ1) is 17.0. The van der Waals surface area contributed by atoms with Gasteiger partial charge in [-0.25, -0.2) is 4.39 Å².